The molecular formula is C25H19N5O2S. The summed E-state index contributed by atoms with van der Waals surface area (Å²) in [5, 5.41) is 9.31. The molecule has 1 aliphatic rings. The van der Waals surface area contributed by atoms with E-state index in [1.165, 1.54) is 11.8 Å². The van der Waals surface area contributed by atoms with Gasteiger partial charge in [0.1, 0.15) is 5.71 Å². The number of carbonyl (C=O) groups is 2. The molecule has 0 saturated heterocycles. The average Bonchev–Trinajstić information content (AvgIpc) is 3.43. The van der Waals surface area contributed by atoms with Crippen LogP contribution < -0.4 is 0 Å². The molecule has 0 N–H and O–H groups in total. The summed E-state index contributed by atoms with van der Waals surface area (Å²) in [6, 6.07) is 21.1. The number of pyridine rings is 1. The Morgan fingerprint density at radius 1 is 0.970 bits per heavy atom. The molecule has 0 bridgehead atoms. The average molecular weight is 454 g/mol. The van der Waals surface area contributed by atoms with E-state index in [0.717, 1.165) is 22.4 Å². The van der Waals surface area contributed by atoms with Gasteiger partial charge in [-0.15, -0.1) is 10.2 Å². The third-order valence-corrected chi connectivity index (χ3v) is 6.24. The Hall–Kier alpha value is -3.91. The molecule has 33 heavy (non-hydrogen) atoms. The van der Waals surface area contributed by atoms with Crippen molar-refractivity contribution in [2.75, 3.05) is 12.3 Å². The van der Waals surface area contributed by atoms with E-state index in [1.807, 2.05) is 71.3 Å². The van der Waals surface area contributed by atoms with Gasteiger partial charge in [0, 0.05) is 35.6 Å². The molecule has 2 aromatic carbocycles. The van der Waals surface area contributed by atoms with Crippen LogP contribution in [-0.2, 0) is 16.0 Å². The third-order valence-electron chi connectivity index (χ3n) is 5.25. The van der Waals surface area contributed by atoms with E-state index in [2.05, 4.69) is 20.2 Å². The fourth-order valence-electron chi connectivity index (χ4n) is 3.70. The summed E-state index contributed by atoms with van der Waals surface area (Å²) in [4.78, 5) is 33.3. The SMILES string of the molecule is O=C(CN=C1C(=O)Cc2ccccc21)CSc1nnc(-c2ccncc2)n1-c1ccccc1. The van der Waals surface area contributed by atoms with Gasteiger partial charge in [-0.3, -0.25) is 24.1 Å². The van der Waals surface area contributed by atoms with Crippen molar-refractivity contribution in [3.63, 3.8) is 0 Å². The highest BCUT2D eigenvalue weighted by atomic mass is 32.2. The highest BCUT2D eigenvalue weighted by molar-refractivity contribution is 7.99. The maximum absolute atomic E-state index is 12.6. The zero-order valence-corrected chi connectivity index (χ0v) is 18.4. The van der Waals surface area contributed by atoms with Gasteiger partial charge in [0.25, 0.3) is 0 Å². The highest BCUT2D eigenvalue weighted by Crippen LogP contribution is 2.27. The number of benzene rings is 2. The highest BCUT2D eigenvalue weighted by Gasteiger charge is 2.25. The summed E-state index contributed by atoms with van der Waals surface area (Å²) in [5.74, 6) is 0.723. The fraction of sp³-hybridized carbons (Fsp3) is 0.120. The Bertz CT molecular complexity index is 1350. The zero-order valence-electron chi connectivity index (χ0n) is 17.6. The number of thioether (sulfide) groups is 1. The number of aromatic nitrogens is 4. The predicted molar refractivity (Wildman–Crippen MR) is 127 cm³/mol. The van der Waals surface area contributed by atoms with Crippen molar-refractivity contribution in [3.05, 3.63) is 90.3 Å². The molecule has 0 spiro atoms. The van der Waals surface area contributed by atoms with Gasteiger partial charge in [0.2, 0.25) is 0 Å². The van der Waals surface area contributed by atoms with Crippen molar-refractivity contribution < 1.29 is 9.59 Å². The van der Waals surface area contributed by atoms with E-state index in [9.17, 15) is 9.59 Å². The number of fused-ring (bicyclic) bond motifs is 1. The van der Waals surface area contributed by atoms with E-state index < -0.39 is 0 Å². The number of para-hydroxylation sites is 1. The van der Waals surface area contributed by atoms with Crippen molar-refractivity contribution in [2.24, 2.45) is 4.99 Å². The second kappa shape index (κ2) is 9.30. The Morgan fingerprint density at radius 2 is 1.73 bits per heavy atom. The first-order chi connectivity index (χ1) is 16.2. The van der Waals surface area contributed by atoms with Gasteiger partial charge < -0.3 is 0 Å². The van der Waals surface area contributed by atoms with Gasteiger partial charge in [-0.1, -0.05) is 54.2 Å². The molecule has 4 aromatic rings. The molecule has 0 amide bonds. The minimum atomic E-state index is -0.0854. The van der Waals surface area contributed by atoms with Crippen LogP contribution in [0.1, 0.15) is 11.1 Å². The molecule has 8 heteroatoms. The fourth-order valence-corrected chi connectivity index (χ4v) is 4.51. The molecule has 2 heterocycles. The minimum absolute atomic E-state index is 0.0394. The molecule has 0 aliphatic heterocycles. The number of aliphatic imine (C=N–C) groups is 1. The Balaban J connectivity index is 1.35. The summed E-state index contributed by atoms with van der Waals surface area (Å²) in [6.45, 7) is -0.0426. The van der Waals surface area contributed by atoms with Gasteiger partial charge in [-0.2, -0.15) is 0 Å². The minimum Gasteiger partial charge on any atom is -0.297 e. The molecule has 5 rings (SSSR count). The second-order valence-electron chi connectivity index (χ2n) is 7.46. The number of hydrogen-bond acceptors (Lipinski definition) is 7. The van der Waals surface area contributed by atoms with Crippen LogP contribution in [0.5, 0.6) is 0 Å². The number of rotatable bonds is 7. The standard InChI is InChI=1S/C25H19N5O2S/c31-20(15-27-23-21-9-5-4-6-18(21)14-22(23)32)16-33-25-29-28-24(17-10-12-26-13-11-17)30(25)19-7-2-1-3-8-19/h1-13H,14-16H2. The van der Waals surface area contributed by atoms with E-state index in [-0.39, 0.29) is 23.9 Å². The number of carbonyl (C=O) groups excluding carboxylic acids is 2. The van der Waals surface area contributed by atoms with E-state index in [1.54, 1.807) is 12.4 Å². The number of hydrogen-bond donors (Lipinski definition) is 0. The predicted octanol–water partition coefficient (Wildman–Crippen LogP) is 3.61. The quantitative estimate of drug-likeness (QED) is 0.397. The van der Waals surface area contributed by atoms with Crippen molar-refractivity contribution >= 4 is 29.0 Å². The van der Waals surface area contributed by atoms with Crippen LogP contribution in [0.2, 0.25) is 0 Å². The molecule has 162 valence electrons. The van der Waals surface area contributed by atoms with Crippen molar-refractivity contribution in [1.82, 2.24) is 19.7 Å². The molecule has 1 aliphatic carbocycles. The summed E-state index contributed by atoms with van der Waals surface area (Å²) in [5.41, 5.74) is 3.97. The maximum Gasteiger partial charge on any atom is 0.196 e. The number of ketones is 2. The lowest BCUT2D eigenvalue weighted by molar-refractivity contribution is -0.115. The third kappa shape index (κ3) is 4.38. The molecule has 0 atom stereocenters. The molecular weight excluding hydrogens is 434 g/mol. The molecule has 2 aromatic heterocycles. The van der Waals surface area contributed by atoms with Crippen LogP contribution in [0.25, 0.3) is 17.1 Å². The van der Waals surface area contributed by atoms with Gasteiger partial charge in [0.05, 0.1) is 12.3 Å². The maximum atomic E-state index is 12.6. The lowest BCUT2D eigenvalue weighted by Crippen LogP contribution is -2.14. The van der Waals surface area contributed by atoms with Crippen molar-refractivity contribution in [3.8, 4) is 17.1 Å². The Labute approximate surface area is 194 Å². The summed E-state index contributed by atoms with van der Waals surface area (Å²) >= 11 is 1.30. The number of nitrogens with zero attached hydrogens (tertiary/aromatic N) is 5. The van der Waals surface area contributed by atoms with Crippen molar-refractivity contribution in [2.45, 2.75) is 11.6 Å². The lowest BCUT2D eigenvalue weighted by Gasteiger charge is -2.10. The van der Waals surface area contributed by atoms with E-state index >= 15 is 0 Å². The van der Waals surface area contributed by atoms with Crippen LogP contribution in [0, 0.1) is 0 Å². The van der Waals surface area contributed by atoms with Gasteiger partial charge in [0.15, 0.2) is 22.5 Å². The number of Topliss-reactive ketones (excluding diaryl/α,β-unsaturated/α-hetero) is 2. The van der Waals surface area contributed by atoms with Gasteiger partial charge in [-0.05, 0) is 29.8 Å². The first-order valence-electron chi connectivity index (χ1n) is 10.4. The summed E-state index contributed by atoms with van der Waals surface area (Å²) < 4.78 is 1.93. The van der Waals surface area contributed by atoms with Crippen LogP contribution in [0.15, 0.2) is 89.3 Å². The van der Waals surface area contributed by atoms with Crippen molar-refractivity contribution in [1.29, 1.82) is 0 Å². The first kappa shape index (κ1) is 21.0. The van der Waals surface area contributed by atoms with Gasteiger partial charge in [-0.25, -0.2) is 0 Å². The first-order valence-corrected chi connectivity index (χ1v) is 11.4. The summed E-state index contributed by atoms with van der Waals surface area (Å²) in [6.07, 6.45) is 3.75. The normalized spacial score (nSPS) is 13.9. The lowest BCUT2D eigenvalue weighted by atomic mass is 10.1. The second-order valence-corrected chi connectivity index (χ2v) is 8.40. The van der Waals surface area contributed by atoms with E-state index in [0.29, 0.717) is 23.1 Å². The summed E-state index contributed by atoms with van der Waals surface area (Å²) in [7, 11) is 0. The largest absolute Gasteiger partial charge is 0.297 e. The molecule has 0 fully saturated rings. The molecule has 0 saturated carbocycles. The molecule has 0 radical (unpaired) electrons. The van der Waals surface area contributed by atoms with Gasteiger partial charge >= 0.3 is 0 Å². The van der Waals surface area contributed by atoms with Crippen LogP contribution >= 0.6 is 11.8 Å². The van der Waals surface area contributed by atoms with Crippen LogP contribution in [-0.4, -0.2) is 49.3 Å². The Morgan fingerprint density at radius 3 is 2.55 bits per heavy atom. The zero-order chi connectivity index (χ0) is 22.6. The molecule has 0 unspecified atom stereocenters. The topological polar surface area (TPSA) is 90.1 Å². The Kier molecular flexibility index (Phi) is 5.91. The molecule has 7 nitrogen and oxygen atoms in total. The van der Waals surface area contributed by atoms with E-state index in [4.69, 9.17) is 0 Å². The van der Waals surface area contributed by atoms with Crippen LogP contribution in [0.4, 0.5) is 0 Å². The monoisotopic (exact) mass is 453 g/mol. The van der Waals surface area contributed by atoms with Crippen LogP contribution in [0.3, 0.4) is 0 Å². The smallest absolute Gasteiger partial charge is 0.196 e.